The number of benzene rings is 3. The Morgan fingerprint density at radius 3 is 1.79 bits per heavy atom. The van der Waals surface area contributed by atoms with Crippen LogP contribution in [0.4, 0.5) is 0 Å². The topological polar surface area (TPSA) is 52.7 Å². The summed E-state index contributed by atoms with van der Waals surface area (Å²) in [7, 11) is 0. The maximum absolute atomic E-state index is 13.2. The average molecular weight is 442 g/mol. The van der Waals surface area contributed by atoms with Gasteiger partial charge in [0.05, 0.1) is 6.54 Å². The van der Waals surface area contributed by atoms with Crippen molar-refractivity contribution in [2.75, 3.05) is 32.7 Å². The van der Waals surface area contributed by atoms with Crippen molar-refractivity contribution < 1.29 is 9.59 Å². The summed E-state index contributed by atoms with van der Waals surface area (Å²) in [6, 6.07) is 30.4. The Hall–Kier alpha value is -3.44. The number of carbonyl (C=O) groups is 2. The molecule has 5 nitrogen and oxygen atoms in total. The van der Waals surface area contributed by atoms with Crippen molar-refractivity contribution in [3.63, 3.8) is 0 Å². The van der Waals surface area contributed by atoms with Gasteiger partial charge in [0.15, 0.2) is 0 Å². The van der Waals surface area contributed by atoms with Gasteiger partial charge in [-0.15, -0.1) is 0 Å². The fraction of sp³-hybridized carbons (Fsp3) is 0.286. The summed E-state index contributed by atoms with van der Waals surface area (Å²) in [4.78, 5) is 29.6. The van der Waals surface area contributed by atoms with E-state index in [1.54, 1.807) is 0 Å². The highest BCUT2D eigenvalue weighted by molar-refractivity contribution is 5.79. The largest absolute Gasteiger partial charge is 0.351 e. The molecule has 1 aliphatic rings. The molecular formula is C28H31N3O2. The van der Waals surface area contributed by atoms with E-state index in [1.807, 2.05) is 71.6 Å². The number of piperazine rings is 1. The average Bonchev–Trinajstić information content (AvgIpc) is 2.88. The van der Waals surface area contributed by atoms with Gasteiger partial charge in [0.1, 0.15) is 0 Å². The summed E-state index contributed by atoms with van der Waals surface area (Å²) in [5.41, 5.74) is 3.41. The first-order valence-corrected chi connectivity index (χ1v) is 11.6. The van der Waals surface area contributed by atoms with Crippen LogP contribution in [0.5, 0.6) is 0 Å². The second-order valence-electron chi connectivity index (χ2n) is 8.50. The molecule has 3 aromatic carbocycles. The van der Waals surface area contributed by atoms with Crippen molar-refractivity contribution in [1.29, 1.82) is 0 Å². The van der Waals surface area contributed by atoms with Gasteiger partial charge in [-0.1, -0.05) is 91.0 Å². The van der Waals surface area contributed by atoms with E-state index in [1.165, 1.54) is 0 Å². The fourth-order valence-electron chi connectivity index (χ4n) is 4.31. The van der Waals surface area contributed by atoms with E-state index >= 15 is 0 Å². The molecule has 0 unspecified atom stereocenters. The predicted octanol–water partition coefficient (Wildman–Crippen LogP) is 3.67. The highest BCUT2D eigenvalue weighted by Crippen LogP contribution is 2.28. The van der Waals surface area contributed by atoms with Crippen molar-refractivity contribution >= 4 is 11.8 Å². The van der Waals surface area contributed by atoms with E-state index in [9.17, 15) is 9.59 Å². The third-order valence-corrected chi connectivity index (χ3v) is 6.21. The summed E-state index contributed by atoms with van der Waals surface area (Å²) in [5.74, 6) is 0.231. The predicted molar refractivity (Wildman–Crippen MR) is 131 cm³/mol. The quantitative estimate of drug-likeness (QED) is 0.580. The summed E-state index contributed by atoms with van der Waals surface area (Å²) < 4.78 is 0. The van der Waals surface area contributed by atoms with Crippen LogP contribution in [0.2, 0.25) is 0 Å². The second kappa shape index (κ2) is 11.4. The van der Waals surface area contributed by atoms with Crippen LogP contribution in [-0.2, 0) is 16.1 Å². The van der Waals surface area contributed by atoms with Crippen molar-refractivity contribution in [3.8, 4) is 0 Å². The van der Waals surface area contributed by atoms with Gasteiger partial charge < -0.3 is 10.2 Å². The Morgan fingerprint density at radius 2 is 1.24 bits per heavy atom. The highest BCUT2D eigenvalue weighted by atomic mass is 16.2. The first-order valence-electron chi connectivity index (χ1n) is 11.6. The lowest BCUT2D eigenvalue weighted by atomic mass is 9.88. The molecule has 4 rings (SSSR count). The molecule has 0 aromatic heterocycles. The number of hydrogen-bond acceptors (Lipinski definition) is 3. The molecule has 2 amide bonds. The number of amides is 2. The van der Waals surface area contributed by atoms with Gasteiger partial charge in [-0.25, -0.2) is 0 Å². The van der Waals surface area contributed by atoms with E-state index in [2.05, 4.69) is 34.5 Å². The van der Waals surface area contributed by atoms with Crippen LogP contribution in [-0.4, -0.2) is 54.3 Å². The van der Waals surface area contributed by atoms with Gasteiger partial charge in [-0.2, -0.15) is 0 Å². The Balaban J connectivity index is 1.28. The normalized spacial score (nSPS) is 14.3. The zero-order valence-corrected chi connectivity index (χ0v) is 18.9. The Kier molecular flexibility index (Phi) is 7.88. The van der Waals surface area contributed by atoms with Crippen molar-refractivity contribution in [2.45, 2.75) is 18.9 Å². The molecule has 0 bridgehead atoms. The number of nitrogens with one attached hydrogen (secondary N) is 1. The van der Waals surface area contributed by atoms with E-state index in [0.29, 0.717) is 45.7 Å². The van der Waals surface area contributed by atoms with Gasteiger partial charge in [0.25, 0.3) is 0 Å². The van der Waals surface area contributed by atoms with Crippen LogP contribution in [0.3, 0.4) is 0 Å². The highest BCUT2D eigenvalue weighted by Gasteiger charge is 2.25. The lowest BCUT2D eigenvalue weighted by Gasteiger charge is -2.35. The van der Waals surface area contributed by atoms with Crippen LogP contribution in [0.15, 0.2) is 91.0 Å². The first kappa shape index (κ1) is 22.7. The molecule has 0 saturated carbocycles. The number of carbonyl (C=O) groups excluding carboxylic acids is 2. The van der Waals surface area contributed by atoms with E-state index in [4.69, 9.17) is 0 Å². The molecular weight excluding hydrogens is 410 g/mol. The van der Waals surface area contributed by atoms with Crippen LogP contribution in [0.1, 0.15) is 29.0 Å². The van der Waals surface area contributed by atoms with Crippen molar-refractivity contribution in [1.82, 2.24) is 15.1 Å². The lowest BCUT2D eigenvalue weighted by molar-refractivity contribution is -0.133. The van der Waals surface area contributed by atoms with Crippen LogP contribution >= 0.6 is 0 Å². The lowest BCUT2D eigenvalue weighted by Crippen LogP contribution is -2.51. The molecule has 0 aliphatic carbocycles. The summed E-state index contributed by atoms with van der Waals surface area (Å²) in [6.07, 6.45) is 0.450. The van der Waals surface area contributed by atoms with Crippen LogP contribution < -0.4 is 5.32 Å². The third-order valence-electron chi connectivity index (χ3n) is 6.21. The van der Waals surface area contributed by atoms with Crippen LogP contribution in [0, 0.1) is 0 Å². The minimum absolute atomic E-state index is 0.0202. The Bertz CT molecular complexity index is 977. The fourth-order valence-corrected chi connectivity index (χ4v) is 4.31. The summed E-state index contributed by atoms with van der Waals surface area (Å²) >= 11 is 0. The molecule has 1 heterocycles. The zero-order chi connectivity index (χ0) is 22.9. The van der Waals surface area contributed by atoms with E-state index in [-0.39, 0.29) is 17.7 Å². The number of nitrogens with zero attached hydrogens (tertiary/aromatic N) is 2. The first-order chi connectivity index (χ1) is 16.2. The van der Waals surface area contributed by atoms with Crippen molar-refractivity contribution in [2.24, 2.45) is 0 Å². The molecule has 170 valence electrons. The van der Waals surface area contributed by atoms with Crippen LogP contribution in [0.25, 0.3) is 0 Å². The summed E-state index contributed by atoms with van der Waals surface area (Å²) in [6.45, 7) is 3.64. The maximum Gasteiger partial charge on any atom is 0.234 e. The number of rotatable bonds is 8. The molecule has 0 atom stereocenters. The summed E-state index contributed by atoms with van der Waals surface area (Å²) in [5, 5.41) is 2.98. The van der Waals surface area contributed by atoms with Gasteiger partial charge in [-0.05, 0) is 16.7 Å². The minimum atomic E-state index is 0.0202. The standard InChI is InChI=1S/C28H31N3O2/c32-27(29-21-23-10-4-1-5-11-23)22-30-16-18-31(19-17-30)28(33)20-26(24-12-6-2-7-13-24)25-14-8-3-9-15-25/h1-15,26H,16-22H2,(H,29,32). The SMILES string of the molecule is O=C(CN1CCN(C(=O)CC(c2ccccc2)c2ccccc2)CC1)NCc1ccccc1. The molecule has 1 fully saturated rings. The third kappa shape index (κ3) is 6.53. The number of hydrogen-bond donors (Lipinski definition) is 1. The monoisotopic (exact) mass is 441 g/mol. The van der Waals surface area contributed by atoms with Gasteiger partial charge >= 0.3 is 0 Å². The van der Waals surface area contributed by atoms with Crippen molar-refractivity contribution in [3.05, 3.63) is 108 Å². The van der Waals surface area contributed by atoms with E-state index in [0.717, 1.165) is 16.7 Å². The molecule has 3 aromatic rings. The molecule has 1 N–H and O–H groups in total. The molecule has 0 spiro atoms. The molecule has 1 saturated heterocycles. The molecule has 5 heteroatoms. The van der Waals surface area contributed by atoms with E-state index < -0.39 is 0 Å². The minimum Gasteiger partial charge on any atom is -0.351 e. The molecule has 0 radical (unpaired) electrons. The Labute approximate surface area is 196 Å². The van der Waals surface area contributed by atoms with Gasteiger partial charge in [0.2, 0.25) is 11.8 Å². The Morgan fingerprint density at radius 1 is 0.727 bits per heavy atom. The molecule has 33 heavy (non-hydrogen) atoms. The zero-order valence-electron chi connectivity index (χ0n) is 18.9. The molecule has 1 aliphatic heterocycles. The van der Waals surface area contributed by atoms with Gasteiger partial charge in [0, 0.05) is 45.1 Å². The second-order valence-corrected chi connectivity index (χ2v) is 8.50. The van der Waals surface area contributed by atoms with Gasteiger partial charge in [-0.3, -0.25) is 14.5 Å². The smallest absolute Gasteiger partial charge is 0.234 e. The maximum atomic E-state index is 13.2.